The van der Waals surface area contributed by atoms with E-state index in [1.165, 1.54) is 12.1 Å². The molecular weight excluding hydrogens is 229 g/mol. The first-order valence-corrected chi connectivity index (χ1v) is 5.78. The summed E-state index contributed by atoms with van der Waals surface area (Å²) in [6.07, 6.45) is -2.72. The van der Waals surface area contributed by atoms with Crippen LogP contribution in [0.2, 0.25) is 0 Å². The number of hydrogen-bond donors (Lipinski definition) is 1. The molecule has 17 heavy (non-hydrogen) atoms. The van der Waals surface area contributed by atoms with Gasteiger partial charge in [-0.15, -0.1) is 0 Å². The van der Waals surface area contributed by atoms with Gasteiger partial charge in [0.15, 0.2) is 0 Å². The number of rotatable bonds is 5. The van der Waals surface area contributed by atoms with Crippen LogP contribution in [0.3, 0.4) is 0 Å². The van der Waals surface area contributed by atoms with Gasteiger partial charge in [0.1, 0.15) is 0 Å². The second-order valence-electron chi connectivity index (χ2n) is 4.14. The van der Waals surface area contributed by atoms with Crippen molar-refractivity contribution < 1.29 is 18.3 Å². The van der Waals surface area contributed by atoms with Gasteiger partial charge in [-0.2, -0.15) is 13.2 Å². The lowest BCUT2D eigenvalue weighted by Crippen LogP contribution is -2.12. The van der Waals surface area contributed by atoms with Crippen LogP contribution >= 0.6 is 0 Å². The van der Waals surface area contributed by atoms with Crippen LogP contribution in [-0.2, 0) is 12.6 Å². The maximum Gasteiger partial charge on any atom is 0.416 e. The Labute approximate surface area is 99.3 Å². The van der Waals surface area contributed by atoms with Crippen molar-refractivity contribution >= 4 is 0 Å². The SMILES string of the molecule is CCCC(O)CCc1ccccc1C(F)(F)F. The molecule has 0 aliphatic heterocycles. The van der Waals surface area contributed by atoms with Crippen molar-refractivity contribution in [1.82, 2.24) is 0 Å². The lowest BCUT2D eigenvalue weighted by Gasteiger charge is -2.14. The molecule has 1 rings (SSSR count). The molecule has 1 unspecified atom stereocenters. The summed E-state index contributed by atoms with van der Waals surface area (Å²) < 4.78 is 38.0. The van der Waals surface area contributed by atoms with E-state index in [0.29, 0.717) is 12.8 Å². The standard InChI is InChI=1S/C13H17F3O/c1-2-5-11(17)9-8-10-6-3-4-7-12(10)13(14,15)16/h3-4,6-7,11,17H,2,5,8-9H2,1H3. The molecule has 0 amide bonds. The highest BCUT2D eigenvalue weighted by Crippen LogP contribution is 2.32. The molecule has 0 aliphatic carbocycles. The van der Waals surface area contributed by atoms with Crippen LogP contribution < -0.4 is 0 Å². The molecule has 0 saturated carbocycles. The predicted octanol–water partition coefficient (Wildman–Crippen LogP) is 3.80. The normalized spacial score (nSPS) is 13.7. The predicted molar refractivity (Wildman–Crippen MR) is 60.7 cm³/mol. The van der Waals surface area contributed by atoms with Crippen molar-refractivity contribution in [3.8, 4) is 0 Å². The maximum atomic E-state index is 12.7. The minimum Gasteiger partial charge on any atom is -0.393 e. The van der Waals surface area contributed by atoms with Gasteiger partial charge in [0.25, 0.3) is 0 Å². The molecule has 4 heteroatoms. The summed E-state index contributed by atoms with van der Waals surface area (Å²) in [5, 5.41) is 9.52. The minimum atomic E-state index is -4.31. The molecule has 1 atom stereocenters. The molecule has 0 spiro atoms. The fourth-order valence-corrected chi connectivity index (χ4v) is 1.81. The molecule has 0 bridgehead atoms. The van der Waals surface area contributed by atoms with Gasteiger partial charge in [0.05, 0.1) is 11.7 Å². The average molecular weight is 246 g/mol. The van der Waals surface area contributed by atoms with E-state index in [0.717, 1.165) is 12.5 Å². The Kier molecular flexibility index (Phi) is 5.00. The molecule has 1 nitrogen and oxygen atoms in total. The van der Waals surface area contributed by atoms with Gasteiger partial charge < -0.3 is 5.11 Å². The average Bonchev–Trinajstić information content (AvgIpc) is 2.26. The van der Waals surface area contributed by atoms with E-state index in [-0.39, 0.29) is 12.0 Å². The van der Waals surface area contributed by atoms with Gasteiger partial charge in [0, 0.05) is 0 Å². The summed E-state index contributed by atoms with van der Waals surface area (Å²) in [5.74, 6) is 0. The zero-order valence-corrected chi connectivity index (χ0v) is 9.80. The van der Waals surface area contributed by atoms with E-state index in [1.807, 2.05) is 6.92 Å². The van der Waals surface area contributed by atoms with Crippen LogP contribution in [0, 0.1) is 0 Å². The molecule has 96 valence electrons. The molecule has 0 aliphatic rings. The Balaban J connectivity index is 2.71. The van der Waals surface area contributed by atoms with Gasteiger partial charge >= 0.3 is 6.18 Å². The molecular formula is C13H17F3O. The summed E-state index contributed by atoms with van der Waals surface area (Å²) in [5.41, 5.74) is -0.334. The van der Waals surface area contributed by atoms with Crippen molar-refractivity contribution in [1.29, 1.82) is 0 Å². The number of aryl methyl sites for hydroxylation is 1. The second-order valence-corrected chi connectivity index (χ2v) is 4.14. The zero-order chi connectivity index (χ0) is 12.9. The topological polar surface area (TPSA) is 20.2 Å². The Morgan fingerprint density at radius 3 is 2.41 bits per heavy atom. The van der Waals surface area contributed by atoms with E-state index in [1.54, 1.807) is 6.07 Å². The Morgan fingerprint density at radius 1 is 1.18 bits per heavy atom. The van der Waals surface area contributed by atoms with Crippen LogP contribution in [0.5, 0.6) is 0 Å². The van der Waals surface area contributed by atoms with Crippen molar-refractivity contribution in [3.63, 3.8) is 0 Å². The van der Waals surface area contributed by atoms with Crippen molar-refractivity contribution in [2.75, 3.05) is 0 Å². The number of hydrogen-bond acceptors (Lipinski definition) is 1. The smallest absolute Gasteiger partial charge is 0.393 e. The van der Waals surface area contributed by atoms with Crippen LogP contribution in [-0.4, -0.2) is 11.2 Å². The van der Waals surface area contributed by atoms with E-state index in [2.05, 4.69) is 0 Å². The molecule has 0 aromatic heterocycles. The zero-order valence-electron chi connectivity index (χ0n) is 9.80. The van der Waals surface area contributed by atoms with Crippen LogP contribution in [0.25, 0.3) is 0 Å². The third-order valence-corrected chi connectivity index (χ3v) is 2.69. The first-order valence-electron chi connectivity index (χ1n) is 5.78. The van der Waals surface area contributed by atoms with E-state index in [9.17, 15) is 18.3 Å². The largest absolute Gasteiger partial charge is 0.416 e. The highest BCUT2D eigenvalue weighted by molar-refractivity contribution is 5.29. The lowest BCUT2D eigenvalue weighted by atomic mass is 9.99. The van der Waals surface area contributed by atoms with Crippen molar-refractivity contribution in [2.45, 2.75) is 44.9 Å². The first kappa shape index (κ1) is 14.0. The molecule has 1 N–H and O–H groups in total. The monoisotopic (exact) mass is 246 g/mol. The van der Waals surface area contributed by atoms with Crippen LogP contribution in [0.4, 0.5) is 13.2 Å². The van der Waals surface area contributed by atoms with Crippen molar-refractivity contribution in [3.05, 3.63) is 35.4 Å². The lowest BCUT2D eigenvalue weighted by molar-refractivity contribution is -0.138. The molecule has 1 aromatic carbocycles. The number of alkyl halides is 3. The quantitative estimate of drug-likeness (QED) is 0.837. The summed E-state index contributed by atoms with van der Waals surface area (Å²) in [4.78, 5) is 0. The summed E-state index contributed by atoms with van der Waals surface area (Å²) in [6.45, 7) is 1.94. The highest BCUT2D eigenvalue weighted by Gasteiger charge is 2.32. The van der Waals surface area contributed by atoms with Gasteiger partial charge in [-0.25, -0.2) is 0 Å². The molecule has 0 radical (unpaired) electrons. The molecule has 0 saturated heterocycles. The third-order valence-electron chi connectivity index (χ3n) is 2.69. The van der Waals surface area contributed by atoms with E-state index in [4.69, 9.17) is 0 Å². The summed E-state index contributed by atoms with van der Waals surface area (Å²) >= 11 is 0. The van der Waals surface area contributed by atoms with Crippen LogP contribution in [0.1, 0.15) is 37.3 Å². The van der Waals surface area contributed by atoms with E-state index >= 15 is 0 Å². The summed E-state index contributed by atoms with van der Waals surface area (Å²) in [7, 11) is 0. The Hall–Kier alpha value is -1.03. The first-order chi connectivity index (χ1) is 7.95. The van der Waals surface area contributed by atoms with Crippen LogP contribution in [0.15, 0.2) is 24.3 Å². The van der Waals surface area contributed by atoms with Gasteiger partial charge in [-0.3, -0.25) is 0 Å². The number of aliphatic hydroxyl groups is 1. The number of aliphatic hydroxyl groups excluding tert-OH is 1. The van der Waals surface area contributed by atoms with Gasteiger partial charge in [-0.05, 0) is 30.9 Å². The third kappa shape index (κ3) is 4.38. The number of benzene rings is 1. The Bertz CT molecular complexity index is 347. The fraction of sp³-hybridized carbons (Fsp3) is 0.538. The van der Waals surface area contributed by atoms with Crippen molar-refractivity contribution in [2.24, 2.45) is 0 Å². The molecule has 1 aromatic rings. The second kappa shape index (κ2) is 6.05. The van der Waals surface area contributed by atoms with Gasteiger partial charge in [-0.1, -0.05) is 31.5 Å². The number of halogens is 3. The van der Waals surface area contributed by atoms with E-state index < -0.39 is 17.8 Å². The minimum absolute atomic E-state index is 0.259. The molecule has 0 heterocycles. The fourth-order valence-electron chi connectivity index (χ4n) is 1.81. The maximum absolute atomic E-state index is 12.7. The molecule has 0 fully saturated rings. The highest BCUT2D eigenvalue weighted by atomic mass is 19.4. The Morgan fingerprint density at radius 2 is 1.82 bits per heavy atom. The summed E-state index contributed by atoms with van der Waals surface area (Å²) in [6, 6.07) is 5.54. The van der Waals surface area contributed by atoms with Gasteiger partial charge in [0.2, 0.25) is 0 Å².